The molecule has 0 aromatic heterocycles. The molecule has 0 fully saturated rings. The molecule has 0 saturated carbocycles. The van der Waals surface area contributed by atoms with Crippen LogP contribution in [0.1, 0.15) is 17.3 Å². The molecular weight excluding hydrogens is 228 g/mol. The largest absolute Gasteiger partial charge is 0.465 e. The number of hydrogen-bond acceptors (Lipinski definition) is 5. The Bertz CT molecular complexity index is 484. The number of hydrogen-bond donors (Lipinski definition) is 1. The number of amides is 1. The number of anilines is 1. The Hall–Kier alpha value is -2.44. The minimum absolute atomic E-state index is 0.0542. The molecule has 7 heteroatoms. The third-order valence-electron chi connectivity index (χ3n) is 1.94. The van der Waals surface area contributed by atoms with Crippen LogP contribution in [-0.2, 0) is 9.53 Å². The summed E-state index contributed by atoms with van der Waals surface area (Å²) in [5, 5.41) is 13.1. The molecule has 0 aliphatic carbocycles. The highest BCUT2D eigenvalue weighted by molar-refractivity contribution is 6.03. The molecule has 17 heavy (non-hydrogen) atoms. The van der Waals surface area contributed by atoms with Gasteiger partial charge in [0.25, 0.3) is 5.69 Å². The van der Waals surface area contributed by atoms with Gasteiger partial charge >= 0.3 is 5.97 Å². The Balaban J connectivity index is 3.39. The van der Waals surface area contributed by atoms with Crippen molar-refractivity contribution < 1.29 is 19.2 Å². The van der Waals surface area contributed by atoms with Crippen molar-refractivity contribution in [2.75, 3.05) is 12.4 Å². The number of carbonyl (C=O) groups is 2. The van der Waals surface area contributed by atoms with Crippen LogP contribution < -0.4 is 5.32 Å². The van der Waals surface area contributed by atoms with Gasteiger partial charge in [-0.2, -0.15) is 0 Å². The van der Waals surface area contributed by atoms with E-state index in [1.165, 1.54) is 19.1 Å². The van der Waals surface area contributed by atoms with Crippen molar-refractivity contribution in [3.63, 3.8) is 0 Å². The average Bonchev–Trinajstić information content (AvgIpc) is 2.26. The van der Waals surface area contributed by atoms with Crippen LogP contribution in [0.5, 0.6) is 0 Å². The first-order valence-corrected chi connectivity index (χ1v) is 4.60. The Morgan fingerprint density at radius 3 is 2.53 bits per heavy atom. The van der Waals surface area contributed by atoms with Crippen LogP contribution in [0.2, 0.25) is 0 Å². The van der Waals surface area contributed by atoms with Gasteiger partial charge in [-0.05, 0) is 6.07 Å². The summed E-state index contributed by atoms with van der Waals surface area (Å²) < 4.78 is 4.45. The molecule has 0 saturated heterocycles. The summed E-state index contributed by atoms with van der Waals surface area (Å²) >= 11 is 0. The summed E-state index contributed by atoms with van der Waals surface area (Å²) in [4.78, 5) is 32.4. The molecule has 1 amide bonds. The maximum absolute atomic E-state index is 11.5. The molecule has 0 heterocycles. The summed E-state index contributed by atoms with van der Waals surface area (Å²) in [7, 11) is 1.11. The number of carbonyl (C=O) groups excluding carboxylic acids is 2. The van der Waals surface area contributed by atoms with E-state index in [1.807, 2.05) is 0 Å². The van der Waals surface area contributed by atoms with Gasteiger partial charge in [0.05, 0.1) is 17.7 Å². The molecule has 7 nitrogen and oxygen atoms in total. The smallest absolute Gasteiger partial charge is 0.347 e. The van der Waals surface area contributed by atoms with Crippen LogP contribution >= 0.6 is 0 Å². The van der Waals surface area contributed by atoms with E-state index in [0.29, 0.717) is 0 Å². The highest BCUT2D eigenvalue weighted by Crippen LogP contribution is 2.27. The molecule has 0 atom stereocenters. The van der Waals surface area contributed by atoms with Gasteiger partial charge in [-0.3, -0.25) is 14.9 Å². The predicted octanol–water partition coefficient (Wildman–Crippen LogP) is 1.34. The Morgan fingerprint density at radius 2 is 2.06 bits per heavy atom. The van der Waals surface area contributed by atoms with Crippen LogP contribution in [0, 0.1) is 10.1 Å². The van der Waals surface area contributed by atoms with E-state index in [2.05, 4.69) is 10.1 Å². The first-order chi connectivity index (χ1) is 7.97. The zero-order chi connectivity index (χ0) is 13.0. The van der Waals surface area contributed by atoms with E-state index in [0.717, 1.165) is 13.2 Å². The number of nitro benzene ring substituents is 1. The number of ether oxygens (including phenoxy) is 1. The maximum Gasteiger partial charge on any atom is 0.347 e. The van der Waals surface area contributed by atoms with Gasteiger partial charge in [0, 0.05) is 13.0 Å². The fraction of sp³-hybridized carbons (Fsp3) is 0.200. The van der Waals surface area contributed by atoms with Crippen molar-refractivity contribution in [3.05, 3.63) is 33.9 Å². The van der Waals surface area contributed by atoms with Gasteiger partial charge in [-0.25, -0.2) is 4.79 Å². The van der Waals surface area contributed by atoms with Crippen molar-refractivity contribution in [3.8, 4) is 0 Å². The van der Waals surface area contributed by atoms with Crippen LogP contribution in [0.3, 0.4) is 0 Å². The molecule has 0 spiro atoms. The Morgan fingerprint density at radius 1 is 1.41 bits per heavy atom. The molecule has 1 aromatic carbocycles. The van der Waals surface area contributed by atoms with Gasteiger partial charge < -0.3 is 10.1 Å². The maximum atomic E-state index is 11.5. The third-order valence-corrected chi connectivity index (χ3v) is 1.94. The quantitative estimate of drug-likeness (QED) is 0.486. The zero-order valence-corrected chi connectivity index (χ0v) is 9.22. The number of nitro groups is 1. The second-order valence-electron chi connectivity index (χ2n) is 3.13. The number of rotatable bonds is 3. The van der Waals surface area contributed by atoms with Crippen molar-refractivity contribution in [2.24, 2.45) is 0 Å². The van der Waals surface area contributed by atoms with Crippen LogP contribution in [0.4, 0.5) is 11.4 Å². The lowest BCUT2D eigenvalue weighted by Gasteiger charge is -2.08. The van der Waals surface area contributed by atoms with Crippen LogP contribution in [0.15, 0.2) is 18.2 Å². The summed E-state index contributed by atoms with van der Waals surface area (Å²) in [5.74, 6) is -1.31. The van der Waals surface area contributed by atoms with Crippen molar-refractivity contribution >= 4 is 23.3 Å². The van der Waals surface area contributed by atoms with Crippen LogP contribution in [0.25, 0.3) is 0 Å². The number of nitrogens with zero attached hydrogens (tertiary/aromatic N) is 1. The number of nitrogens with one attached hydrogen (secondary N) is 1. The third kappa shape index (κ3) is 2.77. The van der Waals surface area contributed by atoms with Crippen molar-refractivity contribution in [1.29, 1.82) is 0 Å². The Labute approximate surface area is 96.5 Å². The van der Waals surface area contributed by atoms with E-state index < -0.39 is 22.5 Å². The average molecular weight is 238 g/mol. The highest BCUT2D eigenvalue weighted by atomic mass is 16.6. The number of methoxy groups -OCH3 is 1. The first kappa shape index (κ1) is 12.6. The molecular formula is C10H10N2O5. The van der Waals surface area contributed by atoms with Crippen molar-refractivity contribution in [2.45, 2.75) is 6.92 Å². The molecule has 0 radical (unpaired) electrons. The topological polar surface area (TPSA) is 98.5 Å². The summed E-state index contributed by atoms with van der Waals surface area (Å²) in [5.41, 5.74) is -0.628. The molecule has 0 unspecified atom stereocenters. The van der Waals surface area contributed by atoms with E-state index in [9.17, 15) is 19.7 Å². The molecule has 1 aromatic rings. The standard InChI is InChI=1S/C10H10N2O5/c1-6(13)11-7-4-3-5-8(12(15)16)9(7)10(14)17-2/h3-5H,1-2H3,(H,11,13). The van der Waals surface area contributed by atoms with E-state index in [1.54, 1.807) is 0 Å². The molecule has 0 aliphatic heterocycles. The monoisotopic (exact) mass is 238 g/mol. The minimum Gasteiger partial charge on any atom is -0.465 e. The minimum atomic E-state index is -0.874. The Kier molecular flexibility index (Phi) is 3.76. The lowest BCUT2D eigenvalue weighted by Crippen LogP contribution is -2.13. The van der Waals surface area contributed by atoms with Gasteiger partial charge in [0.15, 0.2) is 5.56 Å². The fourth-order valence-corrected chi connectivity index (χ4v) is 1.30. The second-order valence-corrected chi connectivity index (χ2v) is 3.13. The molecule has 1 N–H and O–H groups in total. The molecule has 0 aliphatic rings. The predicted molar refractivity (Wildman–Crippen MR) is 58.7 cm³/mol. The highest BCUT2D eigenvalue weighted by Gasteiger charge is 2.25. The van der Waals surface area contributed by atoms with Gasteiger partial charge in [0.2, 0.25) is 5.91 Å². The van der Waals surface area contributed by atoms with Gasteiger partial charge in [0.1, 0.15) is 0 Å². The van der Waals surface area contributed by atoms with E-state index >= 15 is 0 Å². The van der Waals surface area contributed by atoms with Gasteiger partial charge in [-0.1, -0.05) is 6.07 Å². The summed E-state index contributed by atoms with van der Waals surface area (Å²) in [6.07, 6.45) is 0. The lowest BCUT2D eigenvalue weighted by atomic mass is 10.1. The number of esters is 1. The lowest BCUT2D eigenvalue weighted by molar-refractivity contribution is -0.385. The van der Waals surface area contributed by atoms with E-state index in [4.69, 9.17) is 0 Å². The van der Waals surface area contributed by atoms with Crippen LogP contribution in [-0.4, -0.2) is 23.9 Å². The first-order valence-electron chi connectivity index (χ1n) is 4.60. The SMILES string of the molecule is COC(=O)c1c(NC(C)=O)cccc1[N+](=O)[O-]. The molecule has 1 rings (SSSR count). The normalized spacial score (nSPS) is 9.53. The second kappa shape index (κ2) is 5.06. The summed E-state index contributed by atoms with van der Waals surface area (Å²) in [6.45, 7) is 1.24. The summed E-state index contributed by atoms with van der Waals surface area (Å²) in [6, 6.07) is 3.92. The molecule has 90 valence electrons. The number of benzene rings is 1. The van der Waals surface area contributed by atoms with E-state index in [-0.39, 0.29) is 11.3 Å². The zero-order valence-electron chi connectivity index (χ0n) is 9.22. The van der Waals surface area contributed by atoms with Crippen molar-refractivity contribution in [1.82, 2.24) is 0 Å². The molecule has 0 bridgehead atoms. The van der Waals surface area contributed by atoms with Gasteiger partial charge in [-0.15, -0.1) is 0 Å². The fourth-order valence-electron chi connectivity index (χ4n) is 1.30.